The second kappa shape index (κ2) is 8.93. The lowest BCUT2D eigenvalue weighted by molar-refractivity contribution is 0.116. The standard InChI is InChI=1S/C15H31NO/c1-13(2)10-12-17-11-6-9-15(16-3)14-7-4-5-8-14/h13-16H,4-12H2,1-3H3. The molecule has 102 valence electrons. The van der Waals surface area contributed by atoms with Crippen LogP contribution in [0.5, 0.6) is 0 Å². The summed E-state index contributed by atoms with van der Waals surface area (Å²) in [6.45, 7) is 6.38. The van der Waals surface area contributed by atoms with Crippen LogP contribution in [0.1, 0.15) is 58.8 Å². The van der Waals surface area contributed by atoms with Crippen LogP contribution in [0, 0.1) is 11.8 Å². The van der Waals surface area contributed by atoms with Gasteiger partial charge in [-0.05, 0) is 51.0 Å². The van der Waals surface area contributed by atoms with E-state index in [9.17, 15) is 0 Å². The van der Waals surface area contributed by atoms with Gasteiger partial charge in [0.15, 0.2) is 0 Å². The third-order valence-corrected chi connectivity index (χ3v) is 3.98. The quantitative estimate of drug-likeness (QED) is 0.623. The second-order valence-electron chi connectivity index (χ2n) is 5.88. The van der Waals surface area contributed by atoms with Crippen LogP contribution < -0.4 is 5.32 Å². The maximum absolute atomic E-state index is 5.67. The van der Waals surface area contributed by atoms with Gasteiger partial charge in [-0.3, -0.25) is 0 Å². The van der Waals surface area contributed by atoms with Crippen LogP contribution >= 0.6 is 0 Å². The van der Waals surface area contributed by atoms with Crippen LogP contribution in [-0.4, -0.2) is 26.3 Å². The van der Waals surface area contributed by atoms with Crippen molar-refractivity contribution in [3.8, 4) is 0 Å². The molecule has 2 nitrogen and oxygen atoms in total. The SMILES string of the molecule is CNC(CCCOCCC(C)C)C1CCCC1. The zero-order chi connectivity index (χ0) is 12.5. The van der Waals surface area contributed by atoms with Crippen LogP contribution in [-0.2, 0) is 4.74 Å². The highest BCUT2D eigenvalue weighted by molar-refractivity contribution is 4.79. The highest BCUT2D eigenvalue weighted by atomic mass is 16.5. The number of ether oxygens (including phenoxy) is 1. The molecule has 0 aromatic heterocycles. The summed E-state index contributed by atoms with van der Waals surface area (Å²) in [4.78, 5) is 0. The first-order valence-corrected chi connectivity index (χ1v) is 7.49. The minimum atomic E-state index is 0.728. The van der Waals surface area contributed by atoms with Crippen molar-refractivity contribution in [1.29, 1.82) is 0 Å². The van der Waals surface area contributed by atoms with Crippen molar-refractivity contribution in [3.63, 3.8) is 0 Å². The van der Waals surface area contributed by atoms with E-state index in [4.69, 9.17) is 4.74 Å². The largest absolute Gasteiger partial charge is 0.381 e. The lowest BCUT2D eigenvalue weighted by Crippen LogP contribution is -2.32. The van der Waals surface area contributed by atoms with E-state index in [2.05, 4.69) is 26.2 Å². The Kier molecular flexibility index (Phi) is 7.87. The molecule has 17 heavy (non-hydrogen) atoms. The molecule has 0 aromatic rings. The average Bonchev–Trinajstić information content (AvgIpc) is 2.81. The van der Waals surface area contributed by atoms with Crippen molar-refractivity contribution in [2.45, 2.75) is 64.8 Å². The first kappa shape index (κ1) is 15.0. The summed E-state index contributed by atoms with van der Waals surface area (Å²) in [5.41, 5.74) is 0. The van der Waals surface area contributed by atoms with Gasteiger partial charge in [0.25, 0.3) is 0 Å². The Labute approximate surface area is 108 Å². The molecule has 0 heterocycles. The molecule has 1 fully saturated rings. The second-order valence-corrected chi connectivity index (χ2v) is 5.88. The molecule has 0 aromatic carbocycles. The lowest BCUT2D eigenvalue weighted by Gasteiger charge is -2.22. The third-order valence-electron chi connectivity index (χ3n) is 3.98. The van der Waals surface area contributed by atoms with Gasteiger partial charge in [0.1, 0.15) is 0 Å². The number of hydrogen-bond acceptors (Lipinski definition) is 2. The van der Waals surface area contributed by atoms with Gasteiger partial charge < -0.3 is 10.1 Å². The van der Waals surface area contributed by atoms with Gasteiger partial charge in [-0.25, -0.2) is 0 Å². The number of rotatable bonds is 9. The minimum Gasteiger partial charge on any atom is -0.381 e. The molecule has 1 aliphatic rings. The number of hydrogen-bond donors (Lipinski definition) is 1. The molecule has 1 N–H and O–H groups in total. The molecule has 1 rings (SSSR count). The Bertz CT molecular complexity index is 176. The van der Waals surface area contributed by atoms with Gasteiger partial charge in [0.2, 0.25) is 0 Å². The van der Waals surface area contributed by atoms with E-state index in [1.165, 1.54) is 44.9 Å². The normalized spacial score (nSPS) is 19.1. The molecule has 0 aliphatic heterocycles. The van der Waals surface area contributed by atoms with Crippen LogP contribution in [0.25, 0.3) is 0 Å². The Hall–Kier alpha value is -0.0800. The first-order chi connectivity index (χ1) is 8.24. The Morgan fingerprint density at radius 2 is 1.82 bits per heavy atom. The minimum absolute atomic E-state index is 0.728. The monoisotopic (exact) mass is 241 g/mol. The van der Waals surface area contributed by atoms with E-state index in [0.717, 1.165) is 31.1 Å². The van der Waals surface area contributed by atoms with Gasteiger partial charge in [-0.2, -0.15) is 0 Å². The zero-order valence-electron chi connectivity index (χ0n) is 12.0. The molecular formula is C15H31NO. The van der Waals surface area contributed by atoms with Crippen molar-refractivity contribution >= 4 is 0 Å². The van der Waals surface area contributed by atoms with Crippen molar-refractivity contribution in [2.75, 3.05) is 20.3 Å². The van der Waals surface area contributed by atoms with Gasteiger partial charge in [-0.1, -0.05) is 26.7 Å². The maximum Gasteiger partial charge on any atom is 0.0468 e. The van der Waals surface area contributed by atoms with Crippen molar-refractivity contribution in [2.24, 2.45) is 11.8 Å². The van der Waals surface area contributed by atoms with Crippen LogP contribution in [0.15, 0.2) is 0 Å². The highest BCUT2D eigenvalue weighted by Crippen LogP contribution is 2.29. The molecule has 2 heteroatoms. The topological polar surface area (TPSA) is 21.3 Å². The van der Waals surface area contributed by atoms with E-state index >= 15 is 0 Å². The molecular weight excluding hydrogens is 210 g/mol. The summed E-state index contributed by atoms with van der Waals surface area (Å²) >= 11 is 0. The predicted octanol–water partition coefficient (Wildman–Crippen LogP) is 3.61. The van der Waals surface area contributed by atoms with E-state index in [-0.39, 0.29) is 0 Å². The summed E-state index contributed by atoms with van der Waals surface area (Å²) in [6.07, 6.45) is 9.42. The Morgan fingerprint density at radius 1 is 1.12 bits per heavy atom. The van der Waals surface area contributed by atoms with E-state index in [1.54, 1.807) is 0 Å². The van der Waals surface area contributed by atoms with Crippen LogP contribution in [0.2, 0.25) is 0 Å². The van der Waals surface area contributed by atoms with E-state index in [1.807, 2.05) is 0 Å². The Balaban J connectivity index is 1.99. The maximum atomic E-state index is 5.67. The van der Waals surface area contributed by atoms with E-state index < -0.39 is 0 Å². The summed E-state index contributed by atoms with van der Waals surface area (Å²) < 4.78 is 5.67. The molecule has 1 atom stereocenters. The molecule has 1 aliphatic carbocycles. The van der Waals surface area contributed by atoms with E-state index in [0.29, 0.717) is 0 Å². The van der Waals surface area contributed by atoms with Crippen LogP contribution in [0.4, 0.5) is 0 Å². The fraction of sp³-hybridized carbons (Fsp3) is 1.00. The average molecular weight is 241 g/mol. The molecule has 0 spiro atoms. The summed E-state index contributed by atoms with van der Waals surface area (Å²) in [5, 5.41) is 3.50. The highest BCUT2D eigenvalue weighted by Gasteiger charge is 2.22. The zero-order valence-corrected chi connectivity index (χ0v) is 12.0. The van der Waals surface area contributed by atoms with Gasteiger partial charge in [0.05, 0.1) is 0 Å². The predicted molar refractivity (Wildman–Crippen MR) is 74.3 cm³/mol. The van der Waals surface area contributed by atoms with Crippen molar-refractivity contribution in [3.05, 3.63) is 0 Å². The summed E-state index contributed by atoms with van der Waals surface area (Å²) in [5.74, 6) is 1.69. The lowest BCUT2D eigenvalue weighted by atomic mass is 9.94. The molecule has 0 bridgehead atoms. The molecule has 1 unspecified atom stereocenters. The molecule has 0 radical (unpaired) electrons. The first-order valence-electron chi connectivity index (χ1n) is 7.49. The summed E-state index contributed by atoms with van der Waals surface area (Å²) in [7, 11) is 2.11. The third kappa shape index (κ3) is 6.42. The van der Waals surface area contributed by atoms with Crippen molar-refractivity contribution < 1.29 is 4.74 Å². The fourth-order valence-electron chi connectivity index (χ4n) is 2.80. The molecule has 0 amide bonds. The van der Waals surface area contributed by atoms with Crippen molar-refractivity contribution in [1.82, 2.24) is 5.32 Å². The van der Waals surface area contributed by atoms with Gasteiger partial charge >= 0.3 is 0 Å². The molecule has 0 saturated heterocycles. The summed E-state index contributed by atoms with van der Waals surface area (Å²) in [6, 6.07) is 0.728. The molecule has 1 saturated carbocycles. The smallest absolute Gasteiger partial charge is 0.0468 e. The number of nitrogens with one attached hydrogen (secondary N) is 1. The van der Waals surface area contributed by atoms with Crippen LogP contribution in [0.3, 0.4) is 0 Å². The Morgan fingerprint density at radius 3 is 2.41 bits per heavy atom. The fourth-order valence-corrected chi connectivity index (χ4v) is 2.80. The van der Waals surface area contributed by atoms with Gasteiger partial charge in [-0.15, -0.1) is 0 Å². The van der Waals surface area contributed by atoms with Gasteiger partial charge in [0, 0.05) is 19.3 Å².